The molecule has 21 heavy (non-hydrogen) atoms. The first kappa shape index (κ1) is 15.4. The van der Waals surface area contributed by atoms with Gasteiger partial charge in [-0.25, -0.2) is 4.79 Å². The summed E-state index contributed by atoms with van der Waals surface area (Å²) in [7, 11) is 0. The number of carboxylic acids is 1. The molecule has 0 fully saturated rings. The number of ether oxygens (including phenoxy) is 1. The predicted molar refractivity (Wildman–Crippen MR) is 86.3 cm³/mol. The van der Waals surface area contributed by atoms with E-state index in [9.17, 15) is 4.79 Å². The van der Waals surface area contributed by atoms with Crippen LogP contribution in [0.4, 0.5) is 5.69 Å². The third-order valence-corrected chi connectivity index (χ3v) is 3.81. The van der Waals surface area contributed by atoms with Crippen molar-refractivity contribution < 1.29 is 14.6 Å². The topological polar surface area (TPSA) is 58.6 Å². The van der Waals surface area contributed by atoms with Crippen LogP contribution in [0.2, 0.25) is 0 Å². The monoisotopic (exact) mass is 349 g/mol. The summed E-state index contributed by atoms with van der Waals surface area (Å²) in [6, 6.07) is 12.5. The molecular formula is C16H16BrNO3. The maximum absolute atomic E-state index is 10.9. The summed E-state index contributed by atoms with van der Waals surface area (Å²) in [5, 5.41) is 12.2. The molecule has 0 aliphatic rings. The van der Waals surface area contributed by atoms with E-state index in [1.807, 2.05) is 25.1 Å². The van der Waals surface area contributed by atoms with Gasteiger partial charge in [0.1, 0.15) is 12.4 Å². The Bertz CT molecular complexity index is 643. The van der Waals surface area contributed by atoms with Crippen LogP contribution in [0.1, 0.15) is 15.9 Å². The third-order valence-electron chi connectivity index (χ3n) is 2.95. The zero-order valence-corrected chi connectivity index (χ0v) is 13.2. The number of aryl methyl sites for hydroxylation is 1. The van der Waals surface area contributed by atoms with Crippen LogP contribution in [0.25, 0.3) is 0 Å². The predicted octanol–water partition coefficient (Wildman–Crippen LogP) is 3.95. The molecule has 0 aliphatic heterocycles. The fraction of sp³-hybridized carbons (Fsp3) is 0.188. The molecule has 2 aromatic carbocycles. The molecule has 0 aromatic heterocycles. The van der Waals surface area contributed by atoms with Gasteiger partial charge in [0.15, 0.2) is 0 Å². The van der Waals surface area contributed by atoms with Crippen molar-refractivity contribution in [3.63, 3.8) is 0 Å². The van der Waals surface area contributed by atoms with E-state index in [0.29, 0.717) is 18.9 Å². The highest BCUT2D eigenvalue weighted by Gasteiger charge is 2.03. The van der Waals surface area contributed by atoms with E-state index in [4.69, 9.17) is 9.84 Å². The molecule has 110 valence electrons. The van der Waals surface area contributed by atoms with Crippen LogP contribution in [0.5, 0.6) is 5.75 Å². The molecule has 0 saturated carbocycles. The third kappa shape index (κ3) is 4.49. The first-order valence-corrected chi connectivity index (χ1v) is 7.32. The molecule has 0 radical (unpaired) electrons. The minimum atomic E-state index is -0.955. The normalized spacial score (nSPS) is 10.2. The van der Waals surface area contributed by atoms with Crippen LogP contribution in [0, 0.1) is 6.92 Å². The number of aromatic carboxylic acids is 1. The first-order valence-electron chi connectivity index (χ1n) is 6.52. The Balaban J connectivity index is 1.83. The van der Waals surface area contributed by atoms with Crippen LogP contribution >= 0.6 is 15.9 Å². The maximum atomic E-state index is 10.9. The van der Waals surface area contributed by atoms with Gasteiger partial charge in [-0.1, -0.05) is 28.1 Å². The van der Waals surface area contributed by atoms with Gasteiger partial charge in [-0.3, -0.25) is 0 Å². The van der Waals surface area contributed by atoms with E-state index >= 15 is 0 Å². The number of halogens is 1. The lowest BCUT2D eigenvalue weighted by Gasteiger charge is -2.10. The summed E-state index contributed by atoms with van der Waals surface area (Å²) >= 11 is 3.49. The Kier molecular flexibility index (Phi) is 5.22. The molecule has 4 nitrogen and oxygen atoms in total. The van der Waals surface area contributed by atoms with E-state index in [-0.39, 0.29) is 5.56 Å². The quantitative estimate of drug-likeness (QED) is 0.775. The van der Waals surface area contributed by atoms with Crippen molar-refractivity contribution in [3.8, 4) is 5.75 Å². The largest absolute Gasteiger partial charge is 0.492 e. The van der Waals surface area contributed by atoms with Crippen molar-refractivity contribution in [1.29, 1.82) is 0 Å². The number of rotatable bonds is 6. The molecule has 0 bridgehead atoms. The van der Waals surface area contributed by atoms with Crippen LogP contribution in [0.3, 0.4) is 0 Å². The van der Waals surface area contributed by atoms with E-state index in [1.54, 1.807) is 12.1 Å². The van der Waals surface area contributed by atoms with Gasteiger partial charge in [-0.2, -0.15) is 0 Å². The molecule has 0 unspecified atom stereocenters. The lowest BCUT2D eigenvalue weighted by molar-refractivity contribution is 0.0696. The first-order chi connectivity index (χ1) is 10.1. The highest BCUT2D eigenvalue weighted by molar-refractivity contribution is 9.10. The summed E-state index contributed by atoms with van der Waals surface area (Å²) in [4.78, 5) is 10.9. The van der Waals surface area contributed by atoms with Gasteiger partial charge in [-0.15, -0.1) is 0 Å². The summed E-state index contributed by atoms with van der Waals surface area (Å²) in [6.45, 7) is 3.12. The molecule has 0 aliphatic carbocycles. The fourth-order valence-electron chi connectivity index (χ4n) is 1.79. The zero-order valence-electron chi connectivity index (χ0n) is 11.6. The standard InChI is InChI=1S/C16H16BrNO3/c1-11-5-6-13(10-15(11)17)18-7-8-21-14-4-2-3-12(9-14)16(19)20/h2-6,9-10,18H,7-8H2,1H3,(H,19,20). The van der Waals surface area contributed by atoms with Crippen molar-refractivity contribution in [2.24, 2.45) is 0 Å². The Labute approximate surface area is 131 Å². The Morgan fingerprint density at radius 1 is 1.29 bits per heavy atom. The van der Waals surface area contributed by atoms with E-state index in [0.717, 1.165) is 10.2 Å². The second-order valence-corrected chi connectivity index (χ2v) is 5.43. The molecule has 0 amide bonds. The van der Waals surface area contributed by atoms with Crippen LogP contribution < -0.4 is 10.1 Å². The van der Waals surface area contributed by atoms with E-state index in [1.165, 1.54) is 17.7 Å². The molecule has 0 atom stereocenters. The second kappa shape index (κ2) is 7.13. The minimum absolute atomic E-state index is 0.225. The average molecular weight is 350 g/mol. The van der Waals surface area contributed by atoms with Gasteiger partial charge in [0.05, 0.1) is 5.56 Å². The van der Waals surface area contributed by atoms with Crippen LogP contribution in [-0.4, -0.2) is 24.2 Å². The zero-order chi connectivity index (χ0) is 15.2. The molecule has 0 saturated heterocycles. The molecule has 0 heterocycles. The summed E-state index contributed by atoms with van der Waals surface area (Å²) in [6.07, 6.45) is 0. The number of nitrogens with one attached hydrogen (secondary N) is 1. The highest BCUT2D eigenvalue weighted by Crippen LogP contribution is 2.20. The lowest BCUT2D eigenvalue weighted by Crippen LogP contribution is -2.11. The van der Waals surface area contributed by atoms with Crippen molar-refractivity contribution in [3.05, 3.63) is 58.1 Å². The Morgan fingerprint density at radius 2 is 2.10 bits per heavy atom. The average Bonchev–Trinajstić information content (AvgIpc) is 2.47. The minimum Gasteiger partial charge on any atom is -0.492 e. The second-order valence-electron chi connectivity index (χ2n) is 4.57. The summed E-state index contributed by atoms with van der Waals surface area (Å²) < 4.78 is 6.59. The van der Waals surface area contributed by atoms with E-state index in [2.05, 4.69) is 21.2 Å². The molecular weight excluding hydrogens is 334 g/mol. The summed E-state index contributed by atoms with van der Waals surface area (Å²) in [5.41, 5.74) is 2.42. The van der Waals surface area contributed by atoms with Crippen molar-refractivity contribution in [2.75, 3.05) is 18.5 Å². The lowest BCUT2D eigenvalue weighted by atomic mass is 10.2. The number of carboxylic acid groups (broad SMARTS) is 1. The molecule has 0 spiro atoms. The van der Waals surface area contributed by atoms with Crippen molar-refractivity contribution in [1.82, 2.24) is 0 Å². The maximum Gasteiger partial charge on any atom is 0.335 e. The smallest absolute Gasteiger partial charge is 0.335 e. The number of hydrogen-bond acceptors (Lipinski definition) is 3. The number of hydrogen-bond donors (Lipinski definition) is 2. The van der Waals surface area contributed by atoms with Gasteiger partial charge >= 0.3 is 5.97 Å². The van der Waals surface area contributed by atoms with Gasteiger partial charge in [0, 0.05) is 16.7 Å². The number of anilines is 1. The van der Waals surface area contributed by atoms with Crippen molar-refractivity contribution >= 4 is 27.6 Å². The van der Waals surface area contributed by atoms with E-state index < -0.39 is 5.97 Å². The Morgan fingerprint density at radius 3 is 2.81 bits per heavy atom. The molecule has 2 N–H and O–H groups in total. The molecule has 5 heteroatoms. The number of benzene rings is 2. The Hall–Kier alpha value is -2.01. The molecule has 2 rings (SSSR count). The SMILES string of the molecule is Cc1ccc(NCCOc2cccc(C(=O)O)c2)cc1Br. The summed E-state index contributed by atoms with van der Waals surface area (Å²) in [5.74, 6) is -0.398. The van der Waals surface area contributed by atoms with Gasteiger partial charge in [0.2, 0.25) is 0 Å². The van der Waals surface area contributed by atoms with Gasteiger partial charge in [-0.05, 0) is 42.8 Å². The highest BCUT2D eigenvalue weighted by atomic mass is 79.9. The van der Waals surface area contributed by atoms with Gasteiger partial charge < -0.3 is 15.2 Å². The van der Waals surface area contributed by atoms with Gasteiger partial charge in [0.25, 0.3) is 0 Å². The molecule has 2 aromatic rings. The fourth-order valence-corrected chi connectivity index (χ4v) is 2.16. The van der Waals surface area contributed by atoms with Crippen molar-refractivity contribution in [2.45, 2.75) is 6.92 Å². The van der Waals surface area contributed by atoms with Crippen LogP contribution in [0.15, 0.2) is 46.9 Å². The number of carbonyl (C=O) groups is 1. The van der Waals surface area contributed by atoms with Crippen LogP contribution in [-0.2, 0) is 0 Å².